The lowest BCUT2D eigenvalue weighted by atomic mass is 10.1. The number of furan rings is 1. The molecule has 0 saturated carbocycles. The number of nitrogens with one attached hydrogen (secondary N) is 3. The minimum absolute atomic E-state index is 0.122. The summed E-state index contributed by atoms with van der Waals surface area (Å²) in [6.07, 6.45) is 2.44. The van der Waals surface area contributed by atoms with Gasteiger partial charge in [-0.3, -0.25) is 9.59 Å². The highest BCUT2D eigenvalue weighted by molar-refractivity contribution is 5.96. The molecule has 2 amide bonds. The molecular weight excluding hydrogens is 354 g/mol. The van der Waals surface area contributed by atoms with Crippen LogP contribution in [0.5, 0.6) is 0 Å². The molecule has 3 N–H and O–H groups in total. The van der Waals surface area contributed by atoms with Crippen LogP contribution in [0.4, 0.5) is 5.69 Å². The Bertz CT molecular complexity index is 875. The molecule has 0 fully saturated rings. The van der Waals surface area contributed by atoms with E-state index in [1.54, 1.807) is 42.7 Å². The molecule has 0 radical (unpaired) electrons. The van der Waals surface area contributed by atoms with E-state index in [9.17, 15) is 9.59 Å². The van der Waals surface area contributed by atoms with Crippen LogP contribution >= 0.6 is 0 Å². The van der Waals surface area contributed by atoms with E-state index in [0.29, 0.717) is 23.6 Å². The quantitative estimate of drug-likeness (QED) is 0.501. The number of carbonyl (C=O) groups is 2. The number of rotatable bonds is 9. The van der Waals surface area contributed by atoms with Crippen LogP contribution in [0.15, 0.2) is 77.4 Å². The molecule has 28 heavy (non-hydrogen) atoms. The number of benzene rings is 2. The van der Waals surface area contributed by atoms with Crippen molar-refractivity contribution >= 4 is 17.5 Å². The summed E-state index contributed by atoms with van der Waals surface area (Å²) in [7, 11) is 0. The van der Waals surface area contributed by atoms with E-state index >= 15 is 0 Å². The first kappa shape index (κ1) is 19.4. The minimum atomic E-state index is -0.197. The number of hydrogen-bond donors (Lipinski definition) is 3. The summed E-state index contributed by atoms with van der Waals surface area (Å²) in [5, 5.41) is 8.72. The second kappa shape index (κ2) is 10.1. The Morgan fingerprint density at radius 1 is 0.893 bits per heavy atom. The Morgan fingerprint density at radius 2 is 1.68 bits per heavy atom. The van der Waals surface area contributed by atoms with Crippen molar-refractivity contribution in [2.45, 2.75) is 13.0 Å². The lowest BCUT2D eigenvalue weighted by Crippen LogP contribution is -2.29. The van der Waals surface area contributed by atoms with Crippen LogP contribution in [0, 0.1) is 0 Å². The van der Waals surface area contributed by atoms with Gasteiger partial charge in [-0.2, -0.15) is 0 Å². The lowest BCUT2D eigenvalue weighted by Gasteiger charge is -2.08. The van der Waals surface area contributed by atoms with Gasteiger partial charge < -0.3 is 20.4 Å². The first-order chi connectivity index (χ1) is 13.7. The summed E-state index contributed by atoms with van der Waals surface area (Å²) in [5.41, 5.74) is 2.40. The third kappa shape index (κ3) is 6.10. The molecule has 6 heteroatoms. The zero-order valence-electron chi connectivity index (χ0n) is 15.5. The molecular formula is C22H23N3O3. The second-order valence-electron chi connectivity index (χ2n) is 6.30. The molecule has 144 valence electrons. The predicted molar refractivity (Wildman–Crippen MR) is 108 cm³/mol. The fourth-order valence-electron chi connectivity index (χ4n) is 2.67. The monoisotopic (exact) mass is 377 g/mol. The molecule has 3 aromatic rings. The van der Waals surface area contributed by atoms with Crippen molar-refractivity contribution in [1.29, 1.82) is 0 Å². The standard InChI is InChI=1S/C22H23N3O3/c26-21(16-23-13-12-17-5-2-1-3-6-17)25-19-10-8-18(9-11-19)22(27)24-15-20-7-4-14-28-20/h1-11,14,23H,12-13,15-16H2,(H,24,27)(H,25,26). The van der Waals surface area contributed by atoms with Gasteiger partial charge in [0.15, 0.2) is 0 Å². The van der Waals surface area contributed by atoms with Crippen LogP contribution in [0.2, 0.25) is 0 Å². The average Bonchev–Trinajstić information content (AvgIpc) is 3.24. The van der Waals surface area contributed by atoms with Crippen molar-refractivity contribution in [3.63, 3.8) is 0 Å². The maximum atomic E-state index is 12.1. The second-order valence-corrected chi connectivity index (χ2v) is 6.30. The van der Waals surface area contributed by atoms with Crippen molar-refractivity contribution in [2.24, 2.45) is 0 Å². The SMILES string of the molecule is O=C(CNCCc1ccccc1)Nc1ccc(C(=O)NCc2ccco2)cc1. The zero-order valence-corrected chi connectivity index (χ0v) is 15.5. The summed E-state index contributed by atoms with van der Waals surface area (Å²) >= 11 is 0. The van der Waals surface area contributed by atoms with Gasteiger partial charge in [0.25, 0.3) is 5.91 Å². The summed E-state index contributed by atoms with van der Waals surface area (Å²) in [6, 6.07) is 20.5. The van der Waals surface area contributed by atoms with E-state index in [4.69, 9.17) is 4.42 Å². The van der Waals surface area contributed by atoms with E-state index in [1.165, 1.54) is 5.56 Å². The number of hydrogen-bond acceptors (Lipinski definition) is 4. The van der Waals surface area contributed by atoms with Crippen LogP contribution in [0.3, 0.4) is 0 Å². The Labute approximate surface area is 164 Å². The molecule has 0 atom stereocenters. The Morgan fingerprint density at radius 3 is 2.39 bits per heavy atom. The van der Waals surface area contributed by atoms with E-state index in [2.05, 4.69) is 28.1 Å². The topological polar surface area (TPSA) is 83.4 Å². The molecule has 1 heterocycles. The van der Waals surface area contributed by atoms with Gasteiger partial charge in [0.05, 0.1) is 19.4 Å². The van der Waals surface area contributed by atoms with Crippen LogP contribution in [-0.2, 0) is 17.8 Å². The molecule has 0 spiro atoms. The Kier molecular flexibility index (Phi) is 6.98. The number of amides is 2. The maximum Gasteiger partial charge on any atom is 0.251 e. The number of carbonyl (C=O) groups excluding carboxylic acids is 2. The van der Waals surface area contributed by atoms with Gasteiger partial charge in [0, 0.05) is 11.3 Å². The van der Waals surface area contributed by atoms with Crippen LogP contribution in [0.25, 0.3) is 0 Å². The molecule has 0 aliphatic rings. The Hall–Kier alpha value is -3.38. The fraction of sp³-hybridized carbons (Fsp3) is 0.182. The molecule has 6 nitrogen and oxygen atoms in total. The van der Waals surface area contributed by atoms with Crippen molar-refractivity contribution in [1.82, 2.24) is 10.6 Å². The van der Waals surface area contributed by atoms with Gasteiger partial charge >= 0.3 is 0 Å². The molecule has 0 aliphatic carbocycles. The smallest absolute Gasteiger partial charge is 0.251 e. The van der Waals surface area contributed by atoms with E-state index in [0.717, 1.165) is 13.0 Å². The average molecular weight is 377 g/mol. The van der Waals surface area contributed by atoms with Crippen molar-refractivity contribution in [3.05, 3.63) is 89.9 Å². The third-order valence-electron chi connectivity index (χ3n) is 4.15. The van der Waals surface area contributed by atoms with Gasteiger partial charge in [0.1, 0.15) is 5.76 Å². The first-order valence-electron chi connectivity index (χ1n) is 9.16. The largest absolute Gasteiger partial charge is 0.467 e. The molecule has 0 saturated heterocycles. The van der Waals surface area contributed by atoms with Crippen molar-refractivity contribution < 1.29 is 14.0 Å². The van der Waals surface area contributed by atoms with Gasteiger partial charge in [-0.25, -0.2) is 0 Å². The van der Waals surface area contributed by atoms with Crippen LogP contribution < -0.4 is 16.0 Å². The van der Waals surface area contributed by atoms with Crippen LogP contribution in [-0.4, -0.2) is 24.9 Å². The van der Waals surface area contributed by atoms with E-state index in [1.807, 2.05) is 18.2 Å². The van der Waals surface area contributed by atoms with Gasteiger partial charge in [-0.05, 0) is 54.9 Å². The predicted octanol–water partition coefficient (Wildman–Crippen LogP) is 2.98. The third-order valence-corrected chi connectivity index (χ3v) is 4.15. The van der Waals surface area contributed by atoms with Gasteiger partial charge in [-0.15, -0.1) is 0 Å². The summed E-state index contributed by atoms with van der Waals surface area (Å²) < 4.78 is 5.18. The van der Waals surface area contributed by atoms with E-state index in [-0.39, 0.29) is 18.4 Å². The lowest BCUT2D eigenvalue weighted by molar-refractivity contribution is -0.115. The minimum Gasteiger partial charge on any atom is -0.467 e. The van der Waals surface area contributed by atoms with Crippen molar-refractivity contribution in [3.8, 4) is 0 Å². The maximum absolute atomic E-state index is 12.1. The highest BCUT2D eigenvalue weighted by atomic mass is 16.3. The summed E-state index contributed by atoms with van der Waals surface area (Å²) in [6.45, 7) is 1.30. The fourth-order valence-corrected chi connectivity index (χ4v) is 2.67. The van der Waals surface area contributed by atoms with Crippen molar-refractivity contribution in [2.75, 3.05) is 18.4 Å². The molecule has 0 unspecified atom stereocenters. The Balaban J connectivity index is 1.38. The first-order valence-corrected chi connectivity index (χ1v) is 9.16. The van der Waals surface area contributed by atoms with Gasteiger partial charge in [-0.1, -0.05) is 30.3 Å². The summed E-state index contributed by atoms with van der Waals surface area (Å²) in [4.78, 5) is 24.1. The molecule has 3 rings (SSSR count). The van der Waals surface area contributed by atoms with E-state index < -0.39 is 0 Å². The van der Waals surface area contributed by atoms with Gasteiger partial charge in [0.2, 0.25) is 5.91 Å². The molecule has 0 bridgehead atoms. The normalized spacial score (nSPS) is 10.4. The van der Waals surface area contributed by atoms with Crippen LogP contribution in [0.1, 0.15) is 21.7 Å². The molecule has 1 aromatic heterocycles. The number of anilines is 1. The molecule has 0 aliphatic heterocycles. The highest BCUT2D eigenvalue weighted by Gasteiger charge is 2.07. The molecule has 2 aromatic carbocycles. The zero-order chi connectivity index (χ0) is 19.6. The summed E-state index contributed by atoms with van der Waals surface area (Å²) in [5.74, 6) is 0.372. The highest BCUT2D eigenvalue weighted by Crippen LogP contribution is 2.10.